The monoisotopic (exact) mass is 200 g/mol. The number of benzene rings is 1. The van der Waals surface area contributed by atoms with Crippen molar-refractivity contribution in [2.24, 2.45) is 0 Å². The zero-order valence-electron chi connectivity index (χ0n) is 5.97. The second-order valence-electron chi connectivity index (χ2n) is 2.46. The van der Waals surface area contributed by atoms with Crippen LogP contribution in [0.2, 0.25) is 0 Å². The minimum atomic E-state index is 0.373. The molecule has 1 aromatic rings. The molecule has 10 heavy (non-hydrogen) atoms. The van der Waals surface area contributed by atoms with Crippen molar-refractivity contribution in [2.45, 2.75) is 13.0 Å². The Morgan fingerprint density at radius 1 is 1.50 bits per heavy atom. The number of hydrogen-bond donors (Lipinski definition) is 1. The fraction of sp³-hybridized carbons (Fsp3) is 0.250. The van der Waals surface area contributed by atoms with E-state index < -0.39 is 0 Å². The molecule has 3 N–H and O–H groups in total. The van der Waals surface area contributed by atoms with Gasteiger partial charge in [-0.15, -0.1) is 0 Å². The average molecular weight is 201 g/mol. The first kappa shape index (κ1) is 7.76. The Kier molecular flexibility index (Phi) is 2.46. The van der Waals surface area contributed by atoms with Gasteiger partial charge in [0.1, 0.15) is 6.04 Å². The molecule has 0 aromatic heterocycles. The highest BCUT2D eigenvalue weighted by Gasteiger charge is 2.00. The van der Waals surface area contributed by atoms with E-state index in [1.807, 2.05) is 12.1 Å². The van der Waals surface area contributed by atoms with E-state index in [4.69, 9.17) is 0 Å². The molecule has 0 aliphatic rings. The SMILES string of the molecule is C[C@@H]([NH3+])c1cccc(Br)c1. The molecule has 1 nitrogen and oxygen atoms in total. The summed E-state index contributed by atoms with van der Waals surface area (Å²) in [6.45, 7) is 2.09. The zero-order valence-corrected chi connectivity index (χ0v) is 7.56. The lowest BCUT2D eigenvalue weighted by molar-refractivity contribution is -0.420. The van der Waals surface area contributed by atoms with Crippen LogP contribution in [0.1, 0.15) is 18.5 Å². The average Bonchev–Trinajstić information content (AvgIpc) is 1.88. The minimum absolute atomic E-state index is 0.373. The van der Waals surface area contributed by atoms with Gasteiger partial charge >= 0.3 is 0 Å². The van der Waals surface area contributed by atoms with Gasteiger partial charge in [0.25, 0.3) is 0 Å². The van der Waals surface area contributed by atoms with Crippen LogP contribution in [-0.2, 0) is 0 Å². The van der Waals surface area contributed by atoms with Gasteiger partial charge in [0.2, 0.25) is 0 Å². The lowest BCUT2D eigenvalue weighted by Crippen LogP contribution is -2.51. The summed E-state index contributed by atoms with van der Waals surface area (Å²) in [7, 11) is 0. The van der Waals surface area contributed by atoms with Gasteiger partial charge in [0.15, 0.2) is 0 Å². The van der Waals surface area contributed by atoms with Gasteiger partial charge in [-0.2, -0.15) is 0 Å². The van der Waals surface area contributed by atoms with Gasteiger partial charge in [0.05, 0.1) is 0 Å². The van der Waals surface area contributed by atoms with E-state index in [0.717, 1.165) is 4.47 Å². The molecule has 0 fully saturated rings. The maximum atomic E-state index is 3.93. The standard InChI is InChI=1S/C8H10BrN/c1-6(10)7-3-2-4-8(9)5-7/h2-6H,10H2,1H3/p+1/t6-/m1/s1. The second-order valence-corrected chi connectivity index (χ2v) is 3.37. The molecular formula is C8H11BrN+. The number of hydrogen-bond acceptors (Lipinski definition) is 0. The normalized spacial score (nSPS) is 13.1. The predicted molar refractivity (Wildman–Crippen MR) is 45.4 cm³/mol. The van der Waals surface area contributed by atoms with Gasteiger partial charge in [0, 0.05) is 10.0 Å². The van der Waals surface area contributed by atoms with Crippen molar-refractivity contribution in [2.75, 3.05) is 0 Å². The van der Waals surface area contributed by atoms with Crippen molar-refractivity contribution in [3.8, 4) is 0 Å². The number of rotatable bonds is 1. The van der Waals surface area contributed by atoms with Gasteiger partial charge in [-0.25, -0.2) is 0 Å². The number of halogens is 1. The van der Waals surface area contributed by atoms with Crippen LogP contribution in [-0.4, -0.2) is 0 Å². The lowest BCUT2D eigenvalue weighted by atomic mass is 10.1. The number of quaternary nitrogens is 1. The third-order valence-electron chi connectivity index (χ3n) is 1.42. The molecule has 0 amide bonds. The van der Waals surface area contributed by atoms with Gasteiger partial charge in [-0.05, 0) is 19.1 Å². The van der Waals surface area contributed by atoms with Crippen molar-refractivity contribution in [3.63, 3.8) is 0 Å². The lowest BCUT2D eigenvalue weighted by Gasteiger charge is -2.00. The molecule has 0 bridgehead atoms. The summed E-state index contributed by atoms with van der Waals surface area (Å²) in [4.78, 5) is 0. The van der Waals surface area contributed by atoms with Crippen LogP contribution < -0.4 is 5.73 Å². The van der Waals surface area contributed by atoms with Crippen LogP contribution >= 0.6 is 15.9 Å². The summed E-state index contributed by atoms with van der Waals surface area (Å²) in [6, 6.07) is 8.60. The minimum Gasteiger partial charge on any atom is -0.352 e. The highest BCUT2D eigenvalue weighted by atomic mass is 79.9. The Hall–Kier alpha value is -0.340. The van der Waals surface area contributed by atoms with E-state index in [9.17, 15) is 0 Å². The Morgan fingerprint density at radius 3 is 2.60 bits per heavy atom. The third-order valence-corrected chi connectivity index (χ3v) is 1.91. The van der Waals surface area contributed by atoms with Crippen LogP contribution in [0, 0.1) is 0 Å². The van der Waals surface area contributed by atoms with Crippen molar-refractivity contribution in [1.82, 2.24) is 0 Å². The first-order valence-electron chi connectivity index (χ1n) is 3.28. The summed E-state index contributed by atoms with van der Waals surface area (Å²) in [6.07, 6.45) is 0. The Bertz CT molecular complexity index is 220. The summed E-state index contributed by atoms with van der Waals surface area (Å²) < 4.78 is 1.13. The molecule has 0 spiro atoms. The molecule has 0 aliphatic carbocycles. The smallest absolute Gasteiger partial charge is 0.107 e. The summed E-state index contributed by atoms with van der Waals surface area (Å²) >= 11 is 3.40. The second kappa shape index (κ2) is 3.17. The Labute approximate surface area is 69.4 Å². The van der Waals surface area contributed by atoms with Crippen LogP contribution in [0.3, 0.4) is 0 Å². The Balaban J connectivity index is 2.96. The molecule has 0 heterocycles. The van der Waals surface area contributed by atoms with Crippen LogP contribution in [0.4, 0.5) is 0 Å². The van der Waals surface area contributed by atoms with Gasteiger partial charge < -0.3 is 5.73 Å². The predicted octanol–water partition coefficient (Wildman–Crippen LogP) is 1.75. The Morgan fingerprint density at radius 2 is 2.20 bits per heavy atom. The zero-order chi connectivity index (χ0) is 7.56. The summed E-state index contributed by atoms with van der Waals surface area (Å²) in [5.74, 6) is 0. The highest BCUT2D eigenvalue weighted by Crippen LogP contribution is 2.14. The summed E-state index contributed by atoms with van der Waals surface area (Å²) in [5, 5.41) is 0. The van der Waals surface area contributed by atoms with Crippen molar-refractivity contribution in [1.29, 1.82) is 0 Å². The molecule has 0 aliphatic heterocycles. The van der Waals surface area contributed by atoms with Crippen molar-refractivity contribution < 1.29 is 5.73 Å². The first-order valence-corrected chi connectivity index (χ1v) is 4.08. The fourth-order valence-electron chi connectivity index (χ4n) is 0.813. The van der Waals surface area contributed by atoms with E-state index in [0.29, 0.717) is 6.04 Å². The maximum absolute atomic E-state index is 3.93. The molecule has 1 atom stereocenters. The first-order chi connectivity index (χ1) is 4.70. The van der Waals surface area contributed by atoms with E-state index in [2.05, 4.69) is 40.7 Å². The van der Waals surface area contributed by atoms with Gasteiger partial charge in [-0.3, -0.25) is 0 Å². The van der Waals surface area contributed by atoms with Crippen LogP contribution in [0.15, 0.2) is 28.7 Å². The topological polar surface area (TPSA) is 27.6 Å². The molecule has 2 heteroatoms. The molecule has 0 saturated carbocycles. The molecule has 1 rings (SSSR count). The maximum Gasteiger partial charge on any atom is 0.107 e. The van der Waals surface area contributed by atoms with Crippen molar-refractivity contribution >= 4 is 15.9 Å². The summed E-state index contributed by atoms with van der Waals surface area (Å²) in [5.41, 5.74) is 5.20. The molecule has 1 aromatic carbocycles. The van der Waals surface area contributed by atoms with E-state index in [1.54, 1.807) is 0 Å². The molecule has 0 saturated heterocycles. The molecule has 54 valence electrons. The third kappa shape index (κ3) is 1.82. The highest BCUT2D eigenvalue weighted by molar-refractivity contribution is 9.10. The molecule has 0 radical (unpaired) electrons. The van der Waals surface area contributed by atoms with Gasteiger partial charge in [-0.1, -0.05) is 28.1 Å². The molecule has 0 unspecified atom stereocenters. The quantitative estimate of drug-likeness (QED) is 0.716. The molecular weight excluding hydrogens is 190 g/mol. The van der Waals surface area contributed by atoms with E-state index in [-0.39, 0.29) is 0 Å². The van der Waals surface area contributed by atoms with E-state index in [1.165, 1.54) is 5.56 Å². The largest absolute Gasteiger partial charge is 0.352 e. The van der Waals surface area contributed by atoms with Crippen LogP contribution in [0.5, 0.6) is 0 Å². The van der Waals surface area contributed by atoms with E-state index >= 15 is 0 Å². The van der Waals surface area contributed by atoms with Crippen LogP contribution in [0.25, 0.3) is 0 Å². The van der Waals surface area contributed by atoms with Crippen molar-refractivity contribution in [3.05, 3.63) is 34.3 Å². The fourth-order valence-corrected chi connectivity index (χ4v) is 1.23.